The largest absolute Gasteiger partial charge is 0.355 e. The quantitative estimate of drug-likeness (QED) is 0.449. The van der Waals surface area contributed by atoms with Gasteiger partial charge in [-0.05, 0) is 6.92 Å². The van der Waals surface area contributed by atoms with E-state index in [1.807, 2.05) is 13.8 Å². The maximum absolute atomic E-state index is 11.0. The second kappa shape index (κ2) is 12.4. The van der Waals surface area contributed by atoms with Crippen molar-refractivity contribution in [2.75, 3.05) is 26.2 Å². The van der Waals surface area contributed by atoms with Gasteiger partial charge in [-0.1, -0.05) is 13.8 Å². The zero-order valence-electron chi connectivity index (χ0n) is 10.6. The maximum atomic E-state index is 11.0. The first-order chi connectivity index (χ1) is 8.10. The molecular weight excluding hydrogens is 224 g/mol. The molecule has 17 heavy (non-hydrogen) atoms. The monoisotopic (exact) mass is 246 g/mol. The van der Waals surface area contributed by atoms with Crippen molar-refractivity contribution in [1.82, 2.24) is 16.0 Å². The molecule has 3 amide bonds. The van der Waals surface area contributed by atoms with E-state index in [2.05, 4.69) is 16.0 Å². The smallest absolute Gasteiger partial charge is 0.239 e. The Morgan fingerprint density at radius 1 is 0.882 bits per heavy atom. The Bertz CT molecular complexity index is 244. The number of amides is 3. The molecule has 0 aliphatic carbocycles. The second-order valence-electron chi connectivity index (χ2n) is 2.71. The predicted octanol–water partition coefficient (Wildman–Crippen LogP) is -1.66. The molecule has 0 fully saturated rings. The first kappa shape index (κ1) is 17.8. The summed E-state index contributed by atoms with van der Waals surface area (Å²) in [5, 5.41) is 7.14. The second-order valence-corrected chi connectivity index (χ2v) is 2.71. The van der Waals surface area contributed by atoms with Gasteiger partial charge in [-0.15, -0.1) is 0 Å². The van der Waals surface area contributed by atoms with Crippen LogP contribution in [-0.4, -0.2) is 43.9 Å². The fourth-order valence-corrected chi connectivity index (χ4v) is 0.752. The number of hydrogen-bond donors (Lipinski definition) is 4. The van der Waals surface area contributed by atoms with Crippen LogP contribution < -0.4 is 21.7 Å². The zero-order chi connectivity index (χ0) is 13.7. The normalized spacial score (nSPS) is 8.47. The fourth-order valence-electron chi connectivity index (χ4n) is 0.752. The third-order valence-electron chi connectivity index (χ3n) is 1.45. The van der Waals surface area contributed by atoms with Crippen LogP contribution in [0.3, 0.4) is 0 Å². The highest BCUT2D eigenvalue weighted by Gasteiger charge is 2.05. The summed E-state index contributed by atoms with van der Waals surface area (Å²) in [6.45, 7) is 5.87. The number of carbonyl (C=O) groups excluding carboxylic acids is 3. The van der Waals surface area contributed by atoms with Crippen LogP contribution in [0.25, 0.3) is 0 Å². The fraction of sp³-hybridized carbons (Fsp3) is 0.700. The summed E-state index contributed by atoms with van der Waals surface area (Å²) in [6.07, 6.45) is 0. The molecule has 7 nitrogen and oxygen atoms in total. The van der Waals surface area contributed by atoms with Crippen LogP contribution in [-0.2, 0) is 14.4 Å². The lowest BCUT2D eigenvalue weighted by Crippen LogP contribution is -2.43. The Morgan fingerprint density at radius 2 is 1.29 bits per heavy atom. The molecule has 0 aliphatic heterocycles. The van der Waals surface area contributed by atoms with Crippen molar-refractivity contribution in [2.45, 2.75) is 20.8 Å². The Labute approximate surface area is 102 Å². The van der Waals surface area contributed by atoms with Gasteiger partial charge in [0.2, 0.25) is 17.7 Å². The lowest BCUT2D eigenvalue weighted by Gasteiger charge is -2.05. The Balaban J connectivity index is 0. The van der Waals surface area contributed by atoms with E-state index in [-0.39, 0.29) is 25.5 Å². The third-order valence-corrected chi connectivity index (χ3v) is 1.45. The lowest BCUT2D eigenvalue weighted by atomic mass is 10.5. The van der Waals surface area contributed by atoms with Gasteiger partial charge < -0.3 is 21.7 Å². The number of nitrogens with one attached hydrogen (secondary N) is 3. The summed E-state index contributed by atoms with van der Waals surface area (Å²) in [7, 11) is 0. The van der Waals surface area contributed by atoms with E-state index in [1.165, 1.54) is 0 Å². The van der Waals surface area contributed by atoms with Crippen LogP contribution in [0.5, 0.6) is 0 Å². The minimum absolute atomic E-state index is 0.0921. The minimum Gasteiger partial charge on any atom is -0.355 e. The molecule has 0 aliphatic rings. The van der Waals surface area contributed by atoms with Crippen molar-refractivity contribution in [2.24, 2.45) is 5.73 Å². The molecule has 0 spiro atoms. The number of hydrogen-bond acceptors (Lipinski definition) is 4. The van der Waals surface area contributed by atoms with Crippen LogP contribution >= 0.6 is 0 Å². The molecule has 0 bridgehead atoms. The van der Waals surface area contributed by atoms with Gasteiger partial charge in [-0.2, -0.15) is 0 Å². The summed E-state index contributed by atoms with van der Waals surface area (Å²) >= 11 is 0. The van der Waals surface area contributed by atoms with E-state index >= 15 is 0 Å². The number of carbonyl (C=O) groups is 3. The van der Waals surface area contributed by atoms with Crippen molar-refractivity contribution < 1.29 is 14.4 Å². The highest BCUT2D eigenvalue weighted by Crippen LogP contribution is 1.68. The van der Waals surface area contributed by atoms with Gasteiger partial charge in [0.25, 0.3) is 0 Å². The molecule has 0 aromatic heterocycles. The average Bonchev–Trinajstić information content (AvgIpc) is 2.36. The van der Waals surface area contributed by atoms with E-state index in [4.69, 9.17) is 5.73 Å². The van der Waals surface area contributed by atoms with Crippen molar-refractivity contribution >= 4 is 17.7 Å². The summed E-state index contributed by atoms with van der Waals surface area (Å²) in [5.74, 6) is -1.11. The van der Waals surface area contributed by atoms with E-state index in [1.54, 1.807) is 6.92 Å². The zero-order valence-corrected chi connectivity index (χ0v) is 10.6. The van der Waals surface area contributed by atoms with Crippen molar-refractivity contribution in [3.63, 3.8) is 0 Å². The molecule has 0 aromatic carbocycles. The van der Waals surface area contributed by atoms with Gasteiger partial charge >= 0.3 is 0 Å². The number of rotatable bonds is 6. The standard InChI is InChI=1S/C8H16N4O3.C2H6/c1-2-10-7(14)4-12-8(15)5-11-6(13)3-9;1-2/h2-5,9H2,1H3,(H,10,14)(H,11,13)(H,12,15);1-2H3. The summed E-state index contributed by atoms with van der Waals surface area (Å²) in [6, 6.07) is 0. The Kier molecular flexibility index (Phi) is 13.0. The van der Waals surface area contributed by atoms with Gasteiger partial charge in [0.1, 0.15) is 0 Å². The average molecular weight is 246 g/mol. The van der Waals surface area contributed by atoms with E-state index in [9.17, 15) is 14.4 Å². The van der Waals surface area contributed by atoms with Gasteiger partial charge in [0.05, 0.1) is 19.6 Å². The molecule has 100 valence electrons. The molecule has 5 N–H and O–H groups in total. The van der Waals surface area contributed by atoms with E-state index in [0.29, 0.717) is 6.54 Å². The van der Waals surface area contributed by atoms with Crippen LogP contribution in [0.2, 0.25) is 0 Å². The Hall–Kier alpha value is -1.63. The van der Waals surface area contributed by atoms with Crippen LogP contribution in [0.15, 0.2) is 0 Å². The van der Waals surface area contributed by atoms with Gasteiger partial charge in [0.15, 0.2) is 0 Å². The molecule has 0 saturated heterocycles. The van der Waals surface area contributed by atoms with Crippen molar-refractivity contribution in [1.29, 1.82) is 0 Å². The topological polar surface area (TPSA) is 113 Å². The number of nitrogens with two attached hydrogens (primary N) is 1. The molecule has 0 rings (SSSR count). The van der Waals surface area contributed by atoms with Gasteiger partial charge in [-0.25, -0.2) is 0 Å². The minimum atomic E-state index is -0.428. The highest BCUT2D eigenvalue weighted by molar-refractivity contribution is 5.88. The molecule has 0 saturated carbocycles. The third kappa shape index (κ3) is 12.3. The SMILES string of the molecule is CC.CCNC(=O)CNC(=O)CNC(=O)CN. The summed E-state index contributed by atoms with van der Waals surface area (Å²) < 4.78 is 0. The van der Waals surface area contributed by atoms with E-state index in [0.717, 1.165) is 0 Å². The summed E-state index contributed by atoms with van der Waals surface area (Å²) in [4.78, 5) is 32.6. The van der Waals surface area contributed by atoms with Crippen LogP contribution in [0.1, 0.15) is 20.8 Å². The highest BCUT2D eigenvalue weighted by atomic mass is 16.2. The molecular formula is C10H22N4O3. The number of likely N-dealkylation sites (N-methyl/N-ethyl adjacent to an activating group) is 1. The first-order valence-electron chi connectivity index (χ1n) is 5.60. The lowest BCUT2D eigenvalue weighted by molar-refractivity contribution is -0.127. The molecule has 0 aromatic rings. The van der Waals surface area contributed by atoms with E-state index < -0.39 is 11.8 Å². The molecule has 0 atom stereocenters. The molecule has 7 heteroatoms. The van der Waals surface area contributed by atoms with Gasteiger partial charge in [-0.3, -0.25) is 14.4 Å². The predicted molar refractivity (Wildman–Crippen MR) is 65.1 cm³/mol. The van der Waals surface area contributed by atoms with Crippen molar-refractivity contribution in [3.8, 4) is 0 Å². The van der Waals surface area contributed by atoms with Crippen molar-refractivity contribution in [3.05, 3.63) is 0 Å². The maximum Gasteiger partial charge on any atom is 0.239 e. The Morgan fingerprint density at radius 3 is 1.71 bits per heavy atom. The first-order valence-corrected chi connectivity index (χ1v) is 5.60. The van der Waals surface area contributed by atoms with Crippen LogP contribution in [0, 0.1) is 0 Å². The molecule has 0 heterocycles. The van der Waals surface area contributed by atoms with Crippen LogP contribution in [0.4, 0.5) is 0 Å². The molecule has 0 radical (unpaired) electrons. The summed E-state index contributed by atoms with van der Waals surface area (Å²) in [5.41, 5.74) is 5.01. The van der Waals surface area contributed by atoms with Gasteiger partial charge in [0, 0.05) is 6.54 Å². The molecule has 0 unspecified atom stereocenters.